The van der Waals surface area contributed by atoms with Gasteiger partial charge < -0.3 is 19.4 Å². The molecule has 70 heavy (non-hydrogen) atoms. The number of fused-ring (bicyclic) bond motifs is 13. The lowest BCUT2D eigenvalue weighted by molar-refractivity contribution is 0.332. The summed E-state index contributed by atoms with van der Waals surface area (Å²) in [5.41, 5.74) is 20.7. The summed E-state index contributed by atoms with van der Waals surface area (Å²) in [4.78, 5) is 5.18. The highest BCUT2D eigenvalue weighted by Crippen LogP contribution is 2.54. The highest BCUT2D eigenvalue weighted by molar-refractivity contribution is 7.26. The van der Waals surface area contributed by atoms with E-state index in [1.807, 2.05) is 11.3 Å². The number of thiophene rings is 1. The fourth-order valence-corrected chi connectivity index (χ4v) is 13.4. The SMILES string of the molecule is CC(C)(C)c1ccc(N(c2ccc(C(C)(C)C)cc2)c2ccc3c(c2)N(c2ccc4c(c2)C(C)(C)CCC4(C)C)B2c4ccc5oc6ccccc6c5c4Nc4cc5sc6ccccc6c5c-3c42)cc1. The minimum absolute atomic E-state index is 0.0231. The van der Waals surface area contributed by atoms with Gasteiger partial charge in [0.05, 0.1) is 5.39 Å². The Labute approximate surface area is 417 Å². The lowest BCUT2D eigenvalue weighted by atomic mass is 9.43. The molecule has 2 aliphatic heterocycles. The molecule has 0 spiro atoms. The van der Waals surface area contributed by atoms with Crippen molar-refractivity contribution in [3.05, 3.63) is 174 Å². The molecule has 1 N–H and O–H groups in total. The van der Waals surface area contributed by atoms with Gasteiger partial charge in [-0.2, -0.15) is 0 Å². The Morgan fingerprint density at radius 2 is 1.21 bits per heavy atom. The molecule has 346 valence electrons. The van der Waals surface area contributed by atoms with E-state index >= 15 is 0 Å². The van der Waals surface area contributed by atoms with Crippen LogP contribution in [-0.4, -0.2) is 6.85 Å². The fourth-order valence-electron chi connectivity index (χ4n) is 12.2. The maximum Gasteiger partial charge on any atom is 0.333 e. The third-order valence-electron chi connectivity index (χ3n) is 16.2. The molecule has 4 nitrogen and oxygen atoms in total. The Bertz CT molecular complexity index is 3730. The van der Waals surface area contributed by atoms with Crippen molar-refractivity contribution in [2.45, 2.75) is 104 Å². The standard InChI is InChI=1S/C64H60BN3OS/c1-61(2,3)38-19-23-40(24-20-38)67(41-25-21-39(22-26-41)62(4,5)6)42-27-29-44-51(36-42)68(43-28-30-47-48(35-43)64(9,10)34-33-63(47,7)8)65-49-31-32-53-56(45-15-11-13-17-52(45)69-53)60(49)66-50-37-55-57(58(44)59(50)65)46-16-12-14-18-54(46)70-55/h11-32,35-37,66H,33-34H2,1-10H3. The molecule has 8 aromatic carbocycles. The third kappa shape index (κ3) is 6.48. The summed E-state index contributed by atoms with van der Waals surface area (Å²) in [7, 11) is 0. The van der Waals surface area contributed by atoms with Crippen LogP contribution < -0.4 is 26.0 Å². The van der Waals surface area contributed by atoms with Crippen molar-refractivity contribution >= 4 is 111 Å². The zero-order valence-electron chi connectivity index (χ0n) is 42.1. The van der Waals surface area contributed by atoms with Gasteiger partial charge in [0, 0.05) is 70.9 Å². The van der Waals surface area contributed by atoms with Crippen molar-refractivity contribution in [1.82, 2.24) is 0 Å². The Hall–Kier alpha value is -6.76. The first-order valence-corrected chi connectivity index (χ1v) is 26.1. The summed E-state index contributed by atoms with van der Waals surface area (Å²) < 4.78 is 9.21. The largest absolute Gasteiger partial charge is 0.456 e. The van der Waals surface area contributed by atoms with Crippen molar-refractivity contribution < 1.29 is 4.42 Å². The molecule has 0 radical (unpaired) electrons. The lowest BCUT2D eigenvalue weighted by Crippen LogP contribution is -2.60. The van der Waals surface area contributed by atoms with Crippen molar-refractivity contribution in [1.29, 1.82) is 0 Å². The van der Waals surface area contributed by atoms with Gasteiger partial charge >= 0.3 is 6.85 Å². The van der Waals surface area contributed by atoms with Crippen LogP contribution in [-0.2, 0) is 21.7 Å². The molecule has 0 amide bonds. The van der Waals surface area contributed by atoms with E-state index in [1.54, 1.807) is 0 Å². The molecule has 0 unspecified atom stereocenters. The summed E-state index contributed by atoms with van der Waals surface area (Å²) in [6, 6.07) is 57.8. The molecular weight excluding hydrogens is 870 g/mol. The van der Waals surface area contributed by atoms with Crippen LogP contribution in [0.25, 0.3) is 53.2 Å². The second kappa shape index (κ2) is 14.9. The maximum atomic E-state index is 6.62. The van der Waals surface area contributed by atoms with Crippen LogP contribution >= 0.6 is 11.3 Å². The smallest absolute Gasteiger partial charge is 0.333 e. The quantitative estimate of drug-likeness (QED) is 0.178. The van der Waals surface area contributed by atoms with Gasteiger partial charge in [-0.05, 0) is 146 Å². The molecule has 2 aromatic heterocycles. The van der Waals surface area contributed by atoms with Gasteiger partial charge in [0.15, 0.2) is 0 Å². The molecule has 0 saturated heterocycles. The summed E-state index contributed by atoms with van der Waals surface area (Å²) in [6.45, 7) is 23.4. The van der Waals surface area contributed by atoms with Crippen molar-refractivity contribution in [3.8, 4) is 11.1 Å². The summed E-state index contributed by atoms with van der Waals surface area (Å²) in [5, 5.41) is 9.03. The van der Waals surface area contributed by atoms with Crippen LogP contribution in [0.15, 0.2) is 156 Å². The number of hydrogen-bond donors (Lipinski definition) is 1. The van der Waals surface area contributed by atoms with Gasteiger partial charge in [-0.25, -0.2) is 0 Å². The lowest BCUT2D eigenvalue weighted by Gasteiger charge is -2.45. The minimum Gasteiger partial charge on any atom is -0.456 e. The van der Waals surface area contributed by atoms with Gasteiger partial charge in [0.2, 0.25) is 0 Å². The zero-order chi connectivity index (χ0) is 48.2. The van der Waals surface area contributed by atoms with E-state index in [4.69, 9.17) is 4.42 Å². The molecule has 0 fully saturated rings. The van der Waals surface area contributed by atoms with Crippen LogP contribution in [0, 0.1) is 0 Å². The molecule has 1 aliphatic carbocycles. The van der Waals surface area contributed by atoms with Gasteiger partial charge in [-0.1, -0.05) is 148 Å². The molecule has 3 aliphatic rings. The van der Waals surface area contributed by atoms with E-state index in [2.05, 4.69) is 236 Å². The molecule has 13 rings (SSSR count). The molecule has 4 heterocycles. The molecule has 0 bridgehead atoms. The van der Waals surface area contributed by atoms with Crippen LogP contribution in [0.5, 0.6) is 0 Å². The first kappa shape index (κ1) is 43.3. The second-order valence-electron chi connectivity index (χ2n) is 23.7. The van der Waals surface area contributed by atoms with Crippen molar-refractivity contribution in [3.63, 3.8) is 0 Å². The maximum absolute atomic E-state index is 6.62. The molecule has 10 aromatic rings. The Balaban J connectivity index is 1.14. The summed E-state index contributed by atoms with van der Waals surface area (Å²) in [6.07, 6.45) is 2.31. The highest BCUT2D eigenvalue weighted by atomic mass is 32.1. The van der Waals surface area contributed by atoms with E-state index in [0.717, 1.165) is 56.8 Å². The number of rotatable bonds is 4. The number of nitrogens with one attached hydrogen (secondary N) is 1. The van der Waals surface area contributed by atoms with Crippen LogP contribution in [0.4, 0.5) is 39.8 Å². The Morgan fingerprint density at radius 3 is 1.90 bits per heavy atom. The Morgan fingerprint density at radius 1 is 0.586 bits per heavy atom. The average Bonchev–Trinajstić information content (AvgIpc) is 3.91. The predicted molar refractivity (Wildman–Crippen MR) is 303 cm³/mol. The van der Waals surface area contributed by atoms with Gasteiger partial charge in [0.1, 0.15) is 11.2 Å². The van der Waals surface area contributed by atoms with Crippen LogP contribution in [0.1, 0.15) is 104 Å². The van der Waals surface area contributed by atoms with Crippen LogP contribution in [0.2, 0.25) is 0 Å². The topological polar surface area (TPSA) is 31.6 Å². The molecule has 6 heteroatoms. The first-order valence-electron chi connectivity index (χ1n) is 25.2. The highest BCUT2D eigenvalue weighted by Gasteiger charge is 2.46. The molecule has 0 atom stereocenters. The van der Waals surface area contributed by atoms with Crippen molar-refractivity contribution in [2.24, 2.45) is 0 Å². The number of para-hydroxylation sites is 1. The fraction of sp³-hybridized carbons (Fsp3) is 0.250. The number of nitrogens with zero attached hydrogens (tertiary/aromatic N) is 2. The van der Waals surface area contributed by atoms with E-state index in [0.29, 0.717) is 0 Å². The van der Waals surface area contributed by atoms with Gasteiger partial charge in [0.25, 0.3) is 0 Å². The summed E-state index contributed by atoms with van der Waals surface area (Å²) >= 11 is 1.89. The van der Waals surface area contributed by atoms with Gasteiger partial charge in [-0.3, -0.25) is 0 Å². The van der Waals surface area contributed by atoms with E-state index in [9.17, 15) is 0 Å². The van der Waals surface area contributed by atoms with Gasteiger partial charge in [-0.15, -0.1) is 11.3 Å². The molecular formula is C64H60BN3OS. The number of furan rings is 1. The number of hydrogen-bond acceptors (Lipinski definition) is 5. The van der Waals surface area contributed by atoms with Crippen LogP contribution in [0.3, 0.4) is 0 Å². The van der Waals surface area contributed by atoms with E-state index in [1.165, 1.54) is 82.3 Å². The minimum atomic E-state index is -0.159. The summed E-state index contributed by atoms with van der Waals surface area (Å²) in [5.74, 6) is 0. The van der Waals surface area contributed by atoms with Crippen molar-refractivity contribution in [2.75, 3.05) is 15.0 Å². The first-order chi connectivity index (χ1) is 33.4. The second-order valence-corrected chi connectivity index (χ2v) is 24.8. The number of anilines is 7. The average molecular weight is 930 g/mol. The predicted octanol–water partition coefficient (Wildman–Crippen LogP) is 17.3. The normalized spacial score (nSPS) is 15.7. The Kier molecular flexibility index (Phi) is 9.20. The zero-order valence-corrected chi connectivity index (χ0v) is 43.0. The third-order valence-corrected chi connectivity index (χ3v) is 17.4. The van der Waals surface area contributed by atoms with E-state index < -0.39 is 0 Å². The van der Waals surface area contributed by atoms with E-state index in [-0.39, 0.29) is 28.5 Å². The molecule has 0 saturated carbocycles. The monoisotopic (exact) mass is 929 g/mol. The number of benzene rings is 8.